The minimum atomic E-state index is 0.00294. The number of hydrogen-bond acceptors (Lipinski definition) is 4. The molecule has 1 aromatic heterocycles. The summed E-state index contributed by atoms with van der Waals surface area (Å²) in [7, 11) is 0. The van der Waals surface area contributed by atoms with Gasteiger partial charge in [0, 0.05) is 18.7 Å². The molecule has 0 aliphatic carbocycles. The Bertz CT molecular complexity index is 1030. The van der Waals surface area contributed by atoms with Gasteiger partial charge in [-0.3, -0.25) is 9.69 Å². The number of aromatic nitrogens is 1. The van der Waals surface area contributed by atoms with E-state index in [0.717, 1.165) is 54.9 Å². The number of rotatable bonds is 7. The number of likely N-dealkylation sites (tertiary alicyclic amines) is 1. The molecule has 0 radical (unpaired) electrons. The Balaban J connectivity index is 1.37. The average molecular weight is 432 g/mol. The van der Waals surface area contributed by atoms with E-state index < -0.39 is 0 Å². The second-order valence-corrected chi connectivity index (χ2v) is 8.79. The molecule has 168 valence electrons. The Kier molecular flexibility index (Phi) is 7.05. The lowest BCUT2D eigenvalue weighted by molar-refractivity contribution is -0.127. The predicted molar refractivity (Wildman–Crippen MR) is 127 cm³/mol. The molecule has 5 heteroatoms. The average Bonchev–Trinajstić information content (AvgIpc) is 3.19. The lowest BCUT2D eigenvalue weighted by Crippen LogP contribution is -2.43. The van der Waals surface area contributed by atoms with Crippen molar-refractivity contribution < 1.29 is 9.21 Å². The van der Waals surface area contributed by atoms with Gasteiger partial charge in [0.05, 0.1) is 17.7 Å². The van der Waals surface area contributed by atoms with Crippen LogP contribution in [0.5, 0.6) is 0 Å². The fraction of sp³-hybridized carbons (Fsp3) is 0.407. The van der Waals surface area contributed by atoms with Gasteiger partial charge in [-0.1, -0.05) is 49.4 Å². The highest BCUT2D eigenvalue weighted by atomic mass is 16.4. The number of nitrogens with zero attached hydrogens (tertiary/aromatic N) is 2. The van der Waals surface area contributed by atoms with Gasteiger partial charge in [0.2, 0.25) is 11.8 Å². The zero-order valence-corrected chi connectivity index (χ0v) is 19.3. The van der Waals surface area contributed by atoms with Crippen LogP contribution in [0.2, 0.25) is 0 Å². The standard InChI is InChI=1S/C27H33N3O2/c1-4-21-12-14-23(15-13-21)27-29-25(20(3)32-27)18-30-16-8-11-24(17-30)26(31)28-19(2)22-9-6-5-7-10-22/h5-7,9-10,12-15,19,24H,4,8,11,16-18H2,1-3H3,(H,28,31). The van der Waals surface area contributed by atoms with Crippen LogP contribution in [0.25, 0.3) is 11.5 Å². The monoisotopic (exact) mass is 431 g/mol. The lowest BCUT2D eigenvalue weighted by atomic mass is 9.96. The lowest BCUT2D eigenvalue weighted by Gasteiger charge is -2.32. The topological polar surface area (TPSA) is 58.4 Å². The third-order valence-corrected chi connectivity index (χ3v) is 6.41. The minimum absolute atomic E-state index is 0.00294. The summed E-state index contributed by atoms with van der Waals surface area (Å²) < 4.78 is 5.97. The molecule has 2 aromatic carbocycles. The van der Waals surface area contributed by atoms with Crippen molar-refractivity contribution in [1.82, 2.24) is 15.2 Å². The van der Waals surface area contributed by atoms with E-state index in [4.69, 9.17) is 9.40 Å². The van der Waals surface area contributed by atoms with Crippen molar-refractivity contribution in [3.05, 3.63) is 77.2 Å². The maximum absolute atomic E-state index is 12.9. The number of aryl methyl sites for hydroxylation is 2. The molecule has 5 nitrogen and oxygen atoms in total. The second kappa shape index (κ2) is 10.1. The summed E-state index contributed by atoms with van der Waals surface area (Å²) in [6.07, 6.45) is 2.96. The van der Waals surface area contributed by atoms with Crippen molar-refractivity contribution in [1.29, 1.82) is 0 Å². The molecule has 0 bridgehead atoms. The van der Waals surface area contributed by atoms with Crippen LogP contribution < -0.4 is 5.32 Å². The number of oxazole rings is 1. The molecule has 2 unspecified atom stereocenters. The number of hydrogen-bond donors (Lipinski definition) is 1. The molecule has 4 rings (SSSR count). The first-order chi connectivity index (χ1) is 15.5. The molecule has 2 atom stereocenters. The van der Waals surface area contributed by atoms with Crippen molar-refractivity contribution in [2.45, 2.75) is 52.6 Å². The van der Waals surface area contributed by atoms with Crippen molar-refractivity contribution in [3.8, 4) is 11.5 Å². The van der Waals surface area contributed by atoms with E-state index in [2.05, 4.69) is 53.5 Å². The van der Waals surface area contributed by atoms with Crippen LogP contribution in [0.3, 0.4) is 0 Å². The van der Waals surface area contributed by atoms with Crippen LogP contribution in [0.15, 0.2) is 59.0 Å². The van der Waals surface area contributed by atoms with Crippen LogP contribution in [-0.4, -0.2) is 28.9 Å². The van der Waals surface area contributed by atoms with E-state index in [9.17, 15) is 4.79 Å². The largest absolute Gasteiger partial charge is 0.441 e. The predicted octanol–water partition coefficient (Wildman–Crippen LogP) is 5.30. The molecule has 1 saturated heterocycles. The molecule has 1 aliphatic rings. The van der Waals surface area contributed by atoms with E-state index in [1.807, 2.05) is 32.0 Å². The normalized spacial score (nSPS) is 17.8. The molecular formula is C27H33N3O2. The zero-order chi connectivity index (χ0) is 22.5. The summed E-state index contributed by atoms with van der Waals surface area (Å²) in [5.74, 6) is 1.66. The molecular weight excluding hydrogens is 398 g/mol. The first-order valence-corrected chi connectivity index (χ1v) is 11.7. The van der Waals surface area contributed by atoms with E-state index in [1.54, 1.807) is 0 Å². The van der Waals surface area contributed by atoms with Crippen molar-refractivity contribution in [2.24, 2.45) is 5.92 Å². The summed E-state index contributed by atoms with van der Waals surface area (Å²) in [5, 5.41) is 3.20. The van der Waals surface area contributed by atoms with Gasteiger partial charge in [0.15, 0.2) is 0 Å². The number of benzene rings is 2. The molecule has 0 spiro atoms. The number of carbonyl (C=O) groups excluding carboxylic acids is 1. The fourth-order valence-corrected chi connectivity index (χ4v) is 4.36. The molecule has 1 aliphatic heterocycles. The molecule has 32 heavy (non-hydrogen) atoms. The van der Waals surface area contributed by atoms with Crippen LogP contribution in [0.4, 0.5) is 0 Å². The first-order valence-electron chi connectivity index (χ1n) is 11.7. The number of carbonyl (C=O) groups is 1. The number of amides is 1. The molecule has 1 amide bonds. The molecule has 1 fully saturated rings. The van der Waals surface area contributed by atoms with Crippen LogP contribution >= 0.6 is 0 Å². The smallest absolute Gasteiger partial charge is 0.226 e. The Morgan fingerprint density at radius 1 is 1.19 bits per heavy atom. The van der Waals surface area contributed by atoms with E-state index >= 15 is 0 Å². The Morgan fingerprint density at radius 3 is 2.66 bits per heavy atom. The third kappa shape index (κ3) is 5.28. The van der Waals surface area contributed by atoms with E-state index in [0.29, 0.717) is 12.4 Å². The molecule has 0 saturated carbocycles. The van der Waals surface area contributed by atoms with Crippen molar-refractivity contribution >= 4 is 5.91 Å². The Hall–Kier alpha value is -2.92. The molecule has 2 heterocycles. The van der Waals surface area contributed by atoms with Gasteiger partial charge < -0.3 is 9.73 Å². The Labute approximate surface area is 190 Å². The van der Waals surface area contributed by atoms with Crippen LogP contribution in [0.1, 0.15) is 55.3 Å². The summed E-state index contributed by atoms with van der Waals surface area (Å²) in [5.41, 5.74) is 4.39. The fourth-order valence-electron chi connectivity index (χ4n) is 4.36. The van der Waals surface area contributed by atoms with Crippen molar-refractivity contribution in [3.63, 3.8) is 0 Å². The van der Waals surface area contributed by atoms with Gasteiger partial charge in [0.1, 0.15) is 5.76 Å². The van der Waals surface area contributed by atoms with Gasteiger partial charge in [-0.05, 0) is 62.9 Å². The van der Waals surface area contributed by atoms with Gasteiger partial charge in [-0.2, -0.15) is 0 Å². The second-order valence-electron chi connectivity index (χ2n) is 8.79. The SMILES string of the molecule is CCc1ccc(-c2nc(CN3CCCC(C(=O)NC(C)c4ccccc4)C3)c(C)o2)cc1. The van der Waals surface area contributed by atoms with Gasteiger partial charge in [-0.15, -0.1) is 0 Å². The van der Waals surface area contributed by atoms with Gasteiger partial charge in [0.25, 0.3) is 0 Å². The number of piperidine rings is 1. The third-order valence-electron chi connectivity index (χ3n) is 6.41. The Morgan fingerprint density at radius 2 is 1.94 bits per heavy atom. The highest BCUT2D eigenvalue weighted by Gasteiger charge is 2.28. The van der Waals surface area contributed by atoms with Crippen LogP contribution in [-0.2, 0) is 17.8 Å². The highest BCUT2D eigenvalue weighted by molar-refractivity contribution is 5.79. The molecule has 3 aromatic rings. The maximum Gasteiger partial charge on any atom is 0.226 e. The quantitative estimate of drug-likeness (QED) is 0.551. The first kappa shape index (κ1) is 22.3. The zero-order valence-electron chi connectivity index (χ0n) is 19.3. The minimum Gasteiger partial charge on any atom is -0.441 e. The van der Waals surface area contributed by atoms with Gasteiger partial charge in [-0.25, -0.2) is 4.98 Å². The van der Waals surface area contributed by atoms with Crippen LogP contribution in [0, 0.1) is 12.8 Å². The summed E-state index contributed by atoms with van der Waals surface area (Å²) in [4.78, 5) is 20.0. The highest BCUT2D eigenvalue weighted by Crippen LogP contribution is 2.25. The van der Waals surface area contributed by atoms with Crippen molar-refractivity contribution in [2.75, 3.05) is 13.1 Å². The maximum atomic E-state index is 12.9. The molecule has 1 N–H and O–H groups in total. The number of nitrogens with one attached hydrogen (secondary N) is 1. The summed E-state index contributed by atoms with van der Waals surface area (Å²) >= 11 is 0. The van der Waals surface area contributed by atoms with E-state index in [1.165, 1.54) is 5.56 Å². The summed E-state index contributed by atoms with van der Waals surface area (Å²) in [6.45, 7) is 8.60. The summed E-state index contributed by atoms with van der Waals surface area (Å²) in [6, 6.07) is 18.5. The van der Waals surface area contributed by atoms with E-state index in [-0.39, 0.29) is 17.9 Å². The van der Waals surface area contributed by atoms with Gasteiger partial charge >= 0.3 is 0 Å².